The van der Waals surface area contributed by atoms with Gasteiger partial charge in [0.2, 0.25) is 0 Å². The minimum absolute atomic E-state index is 0.167. The van der Waals surface area contributed by atoms with E-state index in [1.54, 1.807) is 18.0 Å². The lowest BCUT2D eigenvalue weighted by Crippen LogP contribution is -2.19. The number of hydrogen-bond donors (Lipinski definition) is 1. The second-order valence-corrected chi connectivity index (χ2v) is 10.4. The number of thioether (sulfide) groups is 2. The maximum absolute atomic E-state index is 12.0. The Hall–Kier alpha value is -2.16. The molecule has 0 saturated heterocycles. The molecule has 0 aliphatic carbocycles. The summed E-state index contributed by atoms with van der Waals surface area (Å²) < 4.78 is 1.69. The molecular formula is C22H24N4OS3. The maximum atomic E-state index is 12.0. The highest BCUT2D eigenvalue weighted by Gasteiger charge is 2.08. The van der Waals surface area contributed by atoms with Gasteiger partial charge in [-0.2, -0.15) is 5.10 Å². The smallest absolute Gasteiger partial charge is 0.250 e. The molecule has 0 aliphatic heterocycles. The fraction of sp³-hybridized carbons (Fsp3) is 0.273. The summed E-state index contributed by atoms with van der Waals surface area (Å²) in [4.78, 5) is 12.0. The molecule has 0 spiro atoms. The molecule has 3 rings (SSSR count). The third kappa shape index (κ3) is 7.27. The third-order valence-corrected chi connectivity index (χ3v) is 7.46. The molecule has 1 N–H and O–H groups in total. The SMILES string of the molecule is Cc1ccc(CSc2nnc(SCC(=O)N/N=C/c3ccc(C(C)C)cc3)s2)cc1. The van der Waals surface area contributed by atoms with Crippen molar-refractivity contribution in [3.63, 3.8) is 0 Å². The number of nitrogens with zero attached hydrogens (tertiary/aromatic N) is 3. The standard InChI is InChI=1S/C22H24N4OS3/c1-15(2)19-10-8-17(9-11-19)12-23-24-20(27)14-29-22-26-25-21(30-22)28-13-18-6-4-16(3)5-7-18/h4-12,15H,13-14H2,1-3H3,(H,24,27)/b23-12+. The quantitative estimate of drug-likeness (QED) is 0.261. The van der Waals surface area contributed by atoms with Gasteiger partial charge in [-0.25, -0.2) is 5.43 Å². The molecule has 2 aromatic carbocycles. The van der Waals surface area contributed by atoms with Crippen molar-refractivity contribution in [2.24, 2.45) is 5.10 Å². The van der Waals surface area contributed by atoms with Crippen molar-refractivity contribution in [3.8, 4) is 0 Å². The van der Waals surface area contributed by atoms with Gasteiger partial charge in [-0.15, -0.1) is 10.2 Å². The molecule has 0 saturated carbocycles. The molecule has 0 aliphatic rings. The summed E-state index contributed by atoms with van der Waals surface area (Å²) in [6.07, 6.45) is 1.65. The number of nitrogens with one attached hydrogen (secondary N) is 1. The second-order valence-electron chi connectivity index (χ2n) is 7.01. The van der Waals surface area contributed by atoms with Gasteiger partial charge < -0.3 is 0 Å². The summed E-state index contributed by atoms with van der Waals surface area (Å²) in [5.74, 6) is 1.43. The van der Waals surface area contributed by atoms with Crippen LogP contribution >= 0.6 is 34.9 Å². The van der Waals surface area contributed by atoms with Crippen LogP contribution in [-0.4, -0.2) is 28.1 Å². The van der Waals surface area contributed by atoms with E-state index in [2.05, 4.69) is 77.9 Å². The van der Waals surface area contributed by atoms with Crippen molar-refractivity contribution < 1.29 is 4.79 Å². The van der Waals surface area contributed by atoms with Gasteiger partial charge in [0.05, 0.1) is 12.0 Å². The predicted octanol–water partition coefficient (Wildman–Crippen LogP) is 5.50. The number of carbonyl (C=O) groups excluding carboxylic acids is 1. The van der Waals surface area contributed by atoms with Crippen LogP contribution in [0, 0.1) is 6.92 Å². The Morgan fingerprint density at radius 2 is 1.73 bits per heavy atom. The number of aryl methyl sites for hydroxylation is 1. The first-order valence-corrected chi connectivity index (χ1v) is 12.3. The highest BCUT2D eigenvalue weighted by Crippen LogP contribution is 2.30. The molecule has 8 heteroatoms. The van der Waals surface area contributed by atoms with Gasteiger partial charge in [0.1, 0.15) is 0 Å². The molecular weight excluding hydrogens is 432 g/mol. The molecule has 1 heterocycles. The van der Waals surface area contributed by atoms with Crippen LogP contribution in [0.25, 0.3) is 0 Å². The molecule has 0 fully saturated rings. The number of benzene rings is 2. The van der Waals surface area contributed by atoms with Crippen molar-refractivity contribution >= 4 is 47.0 Å². The molecule has 1 amide bonds. The van der Waals surface area contributed by atoms with E-state index < -0.39 is 0 Å². The minimum atomic E-state index is -0.167. The Labute approximate surface area is 189 Å². The zero-order valence-electron chi connectivity index (χ0n) is 17.2. The molecule has 0 bridgehead atoms. The maximum Gasteiger partial charge on any atom is 0.250 e. The normalized spacial score (nSPS) is 11.3. The van der Waals surface area contributed by atoms with E-state index in [4.69, 9.17) is 0 Å². The number of hydrogen-bond acceptors (Lipinski definition) is 7. The summed E-state index contributed by atoms with van der Waals surface area (Å²) in [6, 6.07) is 16.6. The number of carbonyl (C=O) groups is 1. The predicted molar refractivity (Wildman–Crippen MR) is 128 cm³/mol. The number of rotatable bonds is 9. The van der Waals surface area contributed by atoms with Gasteiger partial charge in [0.25, 0.3) is 5.91 Å². The third-order valence-electron chi connectivity index (χ3n) is 4.20. The average Bonchev–Trinajstić information content (AvgIpc) is 3.20. The van der Waals surface area contributed by atoms with Crippen LogP contribution in [0.1, 0.15) is 42.0 Å². The fourth-order valence-corrected chi connectivity index (χ4v) is 5.22. The first kappa shape index (κ1) is 22.5. The Balaban J connectivity index is 1.39. The lowest BCUT2D eigenvalue weighted by molar-refractivity contribution is -0.118. The van der Waals surface area contributed by atoms with Gasteiger partial charge in [-0.1, -0.05) is 103 Å². The van der Waals surface area contributed by atoms with E-state index in [1.807, 2.05) is 12.1 Å². The van der Waals surface area contributed by atoms with Crippen molar-refractivity contribution in [3.05, 3.63) is 70.8 Å². The Kier molecular flexibility index (Phi) is 8.48. The van der Waals surface area contributed by atoms with Crippen molar-refractivity contribution in [1.29, 1.82) is 0 Å². The van der Waals surface area contributed by atoms with Crippen LogP contribution in [0.4, 0.5) is 0 Å². The van der Waals surface area contributed by atoms with Gasteiger partial charge in [0, 0.05) is 5.75 Å². The molecule has 30 heavy (non-hydrogen) atoms. The van der Waals surface area contributed by atoms with Crippen molar-refractivity contribution in [2.45, 2.75) is 41.1 Å². The van der Waals surface area contributed by atoms with Crippen LogP contribution in [0.2, 0.25) is 0 Å². The summed E-state index contributed by atoms with van der Waals surface area (Å²) >= 11 is 4.53. The van der Waals surface area contributed by atoms with Crippen LogP contribution in [-0.2, 0) is 10.5 Å². The fourth-order valence-electron chi connectivity index (χ4n) is 2.45. The molecule has 0 unspecified atom stereocenters. The minimum Gasteiger partial charge on any atom is -0.272 e. The van der Waals surface area contributed by atoms with E-state index in [0.717, 1.165) is 20.0 Å². The Bertz CT molecular complexity index is 982. The number of hydrazone groups is 1. The van der Waals surface area contributed by atoms with Crippen LogP contribution in [0.3, 0.4) is 0 Å². The van der Waals surface area contributed by atoms with E-state index >= 15 is 0 Å². The van der Waals surface area contributed by atoms with E-state index in [0.29, 0.717) is 5.92 Å². The molecule has 5 nitrogen and oxygen atoms in total. The summed E-state index contributed by atoms with van der Waals surface area (Å²) in [5, 5.41) is 12.4. The average molecular weight is 457 g/mol. The lowest BCUT2D eigenvalue weighted by atomic mass is 10.0. The first-order chi connectivity index (χ1) is 14.5. The van der Waals surface area contributed by atoms with Gasteiger partial charge >= 0.3 is 0 Å². The van der Waals surface area contributed by atoms with Gasteiger partial charge in [-0.3, -0.25) is 4.79 Å². The highest BCUT2D eigenvalue weighted by atomic mass is 32.2. The molecule has 1 aromatic heterocycles. The van der Waals surface area contributed by atoms with E-state index in [9.17, 15) is 4.79 Å². The monoisotopic (exact) mass is 456 g/mol. The first-order valence-electron chi connectivity index (χ1n) is 9.56. The zero-order valence-corrected chi connectivity index (χ0v) is 19.6. The molecule has 3 aromatic rings. The van der Waals surface area contributed by atoms with Crippen molar-refractivity contribution in [1.82, 2.24) is 15.6 Å². The van der Waals surface area contributed by atoms with Crippen LogP contribution < -0.4 is 5.43 Å². The summed E-state index contributed by atoms with van der Waals surface area (Å²) in [5.41, 5.74) is 7.30. The molecule has 156 valence electrons. The molecule has 0 atom stereocenters. The largest absolute Gasteiger partial charge is 0.272 e. The zero-order chi connectivity index (χ0) is 21.3. The lowest BCUT2D eigenvalue weighted by Gasteiger charge is -2.04. The highest BCUT2D eigenvalue weighted by molar-refractivity contribution is 8.03. The topological polar surface area (TPSA) is 67.2 Å². The number of amides is 1. The second kappa shape index (κ2) is 11.3. The Morgan fingerprint density at radius 1 is 1.07 bits per heavy atom. The van der Waals surface area contributed by atoms with Gasteiger partial charge in [-0.05, 0) is 29.5 Å². The molecule has 0 radical (unpaired) electrons. The summed E-state index contributed by atoms with van der Waals surface area (Å²) in [6.45, 7) is 6.39. The summed E-state index contributed by atoms with van der Waals surface area (Å²) in [7, 11) is 0. The Morgan fingerprint density at radius 3 is 2.40 bits per heavy atom. The van der Waals surface area contributed by atoms with E-state index in [1.165, 1.54) is 39.8 Å². The van der Waals surface area contributed by atoms with Crippen LogP contribution in [0.15, 0.2) is 62.3 Å². The number of aromatic nitrogens is 2. The van der Waals surface area contributed by atoms with Crippen molar-refractivity contribution in [2.75, 3.05) is 5.75 Å². The van der Waals surface area contributed by atoms with E-state index in [-0.39, 0.29) is 11.7 Å². The van der Waals surface area contributed by atoms with Crippen LogP contribution in [0.5, 0.6) is 0 Å². The van der Waals surface area contributed by atoms with Gasteiger partial charge in [0.15, 0.2) is 8.68 Å².